The number of aryl methyl sites for hydroxylation is 3. The summed E-state index contributed by atoms with van der Waals surface area (Å²) in [5, 5.41) is 19.4. The van der Waals surface area contributed by atoms with Crippen molar-refractivity contribution in [2.45, 2.75) is 13.0 Å². The van der Waals surface area contributed by atoms with Gasteiger partial charge in [0, 0.05) is 19.8 Å². The van der Waals surface area contributed by atoms with Gasteiger partial charge in [-0.2, -0.15) is 5.10 Å². The second-order valence-corrected chi connectivity index (χ2v) is 3.59. The molecular formula is C9H13N7O. The van der Waals surface area contributed by atoms with Gasteiger partial charge in [0.2, 0.25) is 11.7 Å². The first-order valence-electron chi connectivity index (χ1n) is 5.04. The summed E-state index contributed by atoms with van der Waals surface area (Å²) in [5.41, 5.74) is 6.49. The van der Waals surface area contributed by atoms with Crippen LogP contribution in [0.4, 0.5) is 0 Å². The van der Waals surface area contributed by atoms with Crippen molar-refractivity contribution in [2.75, 3.05) is 0 Å². The van der Waals surface area contributed by atoms with E-state index in [1.54, 1.807) is 21.9 Å². The molecule has 3 N–H and O–H groups in total. The second-order valence-electron chi connectivity index (χ2n) is 3.59. The molecule has 8 nitrogen and oxygen atoms in total. The highest BCUT2D eigenvalue weighted by Gasteiger charge is 2.05. The molecule has 2 aromatic heterocycles. The molecular weight excluding hydrogens is 222 g/mol. The number of aromatic nitrogens is 5. The molecule has 0 spiro atoms. The van der Waals surface area contributed by atoms with Crippen molar-refractivity contribution in [3.05, 3.63) is 30.1 Å². The zero-order chi connectivity index (χ0) is 12.3. The van der Waals surface area contributed by atoms with Crippen LogP contribution in [-0.4, -0.2) is 35.6 Å². The number of nitrogens with zero attached hydrogens (tertiary/aromatic N) is 6. The molecule has 0 aliphatic heterocycles. The summed E-state index contributed by atoms with van der Waals surface area (Å²) in [4.78, 5) is 3.92. The van der Waals surface area contributed by atoms with Crippen LogP contribution in [0.25, 0.3) is 0 Å². The van der Waals surface area contributed by atoms with E-state index >= 15 is 0 Å². The van der Waals surface area contributed by atoms with Crippen molar-refractivity contribution in [1.82, 2.24) is 24.5 Å². The van der Waals surface area contributed by atoms with Crippen LogP contribution in [0, 0.1) is 0 Å². The van der Waals surface area contributed by atoms with Gasteiger partial charge >= 0.3 is 0 Å². The molecule has 0 aliphatic rings. The van der Waals surface area contributed by atoms with Crippen LogP contribution in [0.3, 0.4) is 0 Å². The standard InChI is InChI=1S/C9H13N7O/c1-15-5-7(4-12-15)2-3-16-6-11-9(13-16)8(10)14-17/h4-6,17H,2-3H2,1H3,(H2,10,14). The summed E-state index contributed by atoms with van der Waals surface area (Å²) in [6, 6.07) is 0. The van der Waals surface area contributed by atoms with E-state index in [0.29, 0.717) is 6.54 Å². The van der Waals surface area contributed by atoms with Gasteiger partial charge in [-0.1, -0.05) is 5.16 Å². The molecule has 90 valence electrons. The topological polar surface area (TPSA) is 107 Å². The molecule has 8 heteroatoms. The molecule has 0 aromatic carbocycles. The van der Waals surface area contributed by atoms with Gasteiger partial charge in [0.1, 0.15) is 6.33 Å². The van der Waals surface area contributed by atoms with E-state index < -0.39 is 0 Å². The Kier molecular flexibility index (Phi) is 3.03. The monoisotopic (exact) mass is 235 g/mol. The lowest BCUT2D eigenvalue weighted by Crippen LogP contribution is -2.15. The number of hydrogen-bond acceptors (Lipinski definition) is 5. The minimum absolute atomic E-state index is 0.0925. The van der Waals surface area contributed by atoms with E-state index in [0.717, 1.165) is 12.0 Å². The highest BCUT2D eigenvalue weighted by Crippen LogP contribution is 1.99. The molecule has 0 atom stereocenters. The Balaban J connectivity index is 1.98. The smallest absolute Gasteiger partial charge is 0.219 e. The Bertz CT molecular complexity index is 527. The number of amidine groups is 1. The lowest BCUT2D eigenvalue weighted by atomic mass is 10.2. The van der Waals surface area contributed by atoms with Gasteiger partial charge in [-0.25, -0.2) is 4.98 Å². The van der Waals surface area contributed by atoms with Crippen LogP contribution in [0.1, 0.15) is 11.4 Å². The maximum Gasteiger partial charge on any atom is 0.219 e. The van der Waals surface area contributed by atoms with Crippen LogP contribution in [0.5, 0.6) is 0 Å². The molecule has 0 unspecified atom stereocenters. The number of hydrogen-bond donors (Lipinski definition) is 2. The number of rotatable bonds is 4. The summed E-state index contributed by atoms with van der Waals surface area (Å²) in [7, 11) is 1.87. The van der Waals surface area contributed by atoms with Crippen molar-refractivity contribution >= 4 is 5.84 Å². The average molecular weight is 235 g/mol. The van der Waals surface area contributed by atoms with E-state index in [4.69, 9.17) is 10.9 Å². The number of oxime groups is 1. The lowest BCUT2D eigenvalue weighted by molar-refractivity contribution is 0.318. The fourth-order valence-electron chi connectivity index (χ4n) is 1.41. The maximum atomic E-state index is 8.47. The van der Waals surface area contributed by atoms with Gasteiger partial charge in [-0.3, -0.25) is 9.36 Å². The van der Waals surface area contributed by atoms with Crippen LogP contribution in [0.2, 0.25) is 0 Å². The highest BCUT2D eigenvalue weighted by atomic mass is 16.4. The van der Waals surface area contributed by atoms with Crippen molar-refractivity contribution in [3.8, 4) is 0 Å². The SMILES string of the molecule is Cn1cc(CCn2cnc(/C(N)=N/O)n2)cn1. The summed E-state index contributed by atoms with van der Waals surface area (Å²) in [6.45, 7) is 0.664. The minimum Gasteiger partial charge on any atom is -0.409 e. The third kappa shape index (κ3) is 2.60. The first kappa shape index (κ1) is 11.1. The quantitative estimate of drug-likeness (QED) is 0.317. The van der Waals surface area contributed by atoms with Crippen LogP contribution < -0.4 is 5.73 Å². The summed E-state index contributed by atoms with van der Waals surface area (Å²) in [5.74, 6) is 0.129. The predicted molar refractivity (Wildman–Crippen MR) is 59.4 cm³/mol. The molecule has 0 aliphatic carbocycles. The van der Waals surface area contributed by atoms with Crippen LogP contribution in [-0.2, 0) is 20.0 Å². The molecule has 2 heterocycles. The van der Waals surface area contributed by atoms with Gasteiger partial charge in [0.05, 0.1) is 6.20 Å². The molecule has 17 heavy (non-hydrogen) atoms. The molecule has 0 fully saturated rings. The first-order chi connectivity index (χ1) is 8.19. The van der Waals surface area contributed by atoms with E-state index in [-0.39, 0.29) is 11.7 Å². The molecule has 2 rings (SSSR count). The van der Waals surface area contributed by atoms with Gasteiger partial charge in [-0.05, 0) is 12.0 Å². The zero-order valence-corrected chi connectivity index (χ0v) is 9.35. The van der Waals surface area contributed by atoms with Crippen molar-refractivity contribution in [3.63, 3.8) is 0 Å². The molecule has 0 saturated carbocycles. The highest BCUT2D eigenvalue weighted by molar-refractivity contribution is 5.93. The Labute approximate surface area is 97.4 Å². The van der Waals surface area contributed by atoms with Gasteiger partial charge in [0.25, 0.3) is 0 Å². The predicted octanol–water partition coefficient (Wildman–Crippen LogP) is -0.651. The van der Waals surface area contributed by atoms with E-state index in [1.165, 1.54) is 0 Å². The van der Waals surface area contributed by atoms with E-state index in [9.17, 15) is 0 Å². The molecule has 2 aromatic rings. The number of nitrogens with two attached hydrogens (primary N) is 1. The van der Waals surface area contributed by atoms with E-state index in [2.05, 4.69) is 20.3 Å². The maximum absolute atomic E-state index is 8.47. The zero-order valence-electron chi connectivity index (χ0n) is 9.35. The first-order valence-corrected chi connectivity index (χ1v) is 5.04. The Morgan fingerprint density at radius 1 is 1.59 bits per heavy atom. The fourth-order valence-corrected chi connectivity index (χ4v) is 1.41. The fraction of sp³-hybridized carbons (Fsp3) is 0.333. The Hall–Kier alpha value is -2.38. The van der Waals surface area contributed by atoms with Crippen LogP contribution >= 0.6 is 0 Å². The van der Waals surface area contributed by atoms with Crippen LogP contribution in [0.15, 0.2) is 23.9 Å². The average Bonchev–Trinajstić information content (AvgIpc) is 2.94. The molecule has 0 saturated heterocycles. The summed E-state index contributed by atoms with van der Waals surface area (Å²) >= 11 is 0. The summed E-state index contributed by atoms with van der Waals surface area (Å²) < 4.78 is 3.39. The summed E-state index contributed by atoms with van der Waals surface area (Å²) in [6.07, 6.45) is 6.10. The van der Waals surface area contributed by atoms with Crippen molar-refractivity contribution in [2.24, 2.45) is 17.9 Å². The van der Waals surface area contributed by atoms with Gasteiger partial charge < -0.3 is 10.9 Å². The molecule has 0 radical (unpaired) electrons. The molecule has 0 amide bonds. The van der Waals surface area contributed by atoms with Gasteiger partial charge in [-0.15, -0.1) is 5.10 Å². The van der Waals surface area contributed by atoms with Gasteiger partial charge in [0.15, 0.2) is 0 Å². The second kappa shape index (κ2) is 4.64. The third-order valence-electron chi connectivity index (χ3n) is 2.26. The largest absolute Gasteiger partial charge is 0.409 e. The Morgan fingerprint density at radius 3 is 3.06 bits per heavy atom. The normalized spacial score (nSPS) is 11.9. The van der Waals surface area contributed by atoms with Crippen molar-refractivity contribution in [1.29, 1.82) is 0 Å². The van der Waals surface area contributed by atoms with E-state index in [1.807, 2.05) is 13.2 Å². The third-order valence-corrected chi connectivity index (χ3v) is 2.26. The lowest BCUT2D eigenvalue weighted by Gasteiger charge is -1.97. The minimum atomic E-state index is -0.0925. The van der Waals surface area contributed by atoms with Crippen molar-refractivity contribution < 1.29 is 5.21 Å². The molecule has 0 bridgehead atoms. The Morgan fingerprint density at radius 2 is 2.41 bits per heavy atom.